The van der Waals surface area contributed by atoms with Crippen LogP contribution in [-0.2, 0) is 0 Å². The summed E-state index contributed by atoms with van der Waals surface area (Å²) >= 11 is 3.40. The molecule has 0 heterocycles. The minimum absolute atomic E-state index is 0.948. The average molecular weight is 269 g/mol. The van der Waals surface area contributed by atoms with Gasteiger partial charge in [-0.2, -0.15) is 0 Å². The molecule has 0 spiro atoms. The first-order valence-electron chi connectivity index (χ1n) is 5.06. The molecule has 0 bridgehead atoms. The van der Waals surface area contributed by atoms with Crippen molar-refractivity contribution >= 4 is 22.0 Å². The van der Waals surface area contributed by atoms with Crippen molar-refractivity contribution in [1.82, 2.24) is 0 Å². The van der Waals surface area contributed by atoms with E-state index in [1.54, 1.807) is 7.11 Å². The van der Waals surface area contributed by atoms with Crippen molar-refractivity contribution in [2.75, 3.05) is 12.4 Å². The zero-order valence-corrected chi connectivity index (χ0v) is 11.1. The second kappa shape index (κ2) is 5.96. The molecule has 0 aliphatic rings. The lowest BCUT2D eigenvalue weighted by Gasteiger charge is -2.08. The lowest BCUT2D eigenvalue weighted by Crippen LogP contribution is -1.90. The van der Waals surface area contributed by atoms with Crippen molar-refractivity contribution in [3.8, 4) is 5.75 Å². The minimum atomic E-state index is 0.948. The molecule has 0 amide bonds. The smallest absolute Gasteiger partial charge is 0.126 e. The first-order chi connectivity index (χ1) is 7.19. The molecule has 0 fully saturated rings. The number of hydrogen-bond donors (Lipinski definition) is 0. The third-order valence-corrected chi connectivity index (χ3v) is 2.88. The summed E-state index contributed by atoms with van der Waals surface area (Å²) in [6.07, 6.45) is 5.31. The minimum Gasteiger partial charge on any atom is -0.496 e. The molecule has 15 heavy (non-hydrogen) atoms. The van der Waals surface area contributed by atoms with Crippen LogP contribution in [0, 0.1) is 13.8 Å². The Bertz CT molecular complexity index is 356. The van der Waals surface area contributed by atoms with E-state index >= 15 is 0 Å². The molecule has 0 N–H and O–H groups in total. The number of methoxy groups -OCH3 is 1. The second-order valence-electron chi connectivity index (χ2n) is 3.56. The molecule has 0 saturated carbocycles. The number of alkyl halides is 1. The van der Waals surface area contributed by atoms with Gasteiger partial charge in [-0.05, 0) is 43.5 Å². The normalized spacial score (nSPS) is 10.9. The number of allylic oxidation sites excluding steroid dienone is 1. The predicted molar refractivity (Wildman–Crippen MR) is 69.9 cm³/mol. The molecular weight excluding hydrogens is 252 g/mol. The van der Waals surface area contributed by atoms with Gasteiger partial charge in [0.05, 0.1) is 7.11 Å². The Hall–Kier alpha value is -0.760. The lowest BCUT2D eigenvalue weighted by molar-refractivity contribution is 0.413. The van der Waals surface area contributed by atoms with Gasteiger partial charge in [-0.25, -0.2) is 0 Å². The van der Waals surface area contributed by atoms with Crippen molar-refractivity contribution in [2.24, 2.45) is 0 Å². The highest BCUT2D eigenvalue weighted by Crippen LogP contribution is 2.24. The van der Waals surface area contributed by atoms with Gasteiger partial charge < -0.3 is 4.74 Å². The molecule has 0 radical (unpaired) electrons. The van der Waals surface area contributed by atoms with Gasteiger partial charge >= 0.3 is 0 Å². The zero-order valence-electron chi connectivity index (χ0n) is 9.51. The fourth-order valence-corrected chi connectivity index (χ4v) is 1.66. The largest absolute Gasteiger partial charge is 0.496 e. The van der Waals surface area contributed by atoms with E-state index in [9.17, 15) is 0 Å². The van der Waals surface area contributed by atoms with E-state index in [4.69, 9.17) is 4.74 Å². The highest BCUT2D eigenvalue weighted by molar-refractivity contribution is 9.09. The predicted octanol–water partition coefficient (Wildman–Crippen LogP) is 4.11. The summed E-state index contributed by atoms with van der Waals surface area (Å²) in [5, 5.41) is 0.997. The van der Waals surface area contributed by atoms with Crippen molar-refractivity contribution in [3.05, 3.63) is 34.9 Å². The molecule has 0 atom stereocenters. The number of halogens is 1. The Morgan fingerprint density at radius 2 is 1.93 bits per heavy atom. The van der Waals surface area contributed by atoms with Crippen molar-refractivity contribution in [3.63, 3.8) is 0 Å². The number of ether oxygens (including phenoxy) is 1. The number of aryl methyl sites for hydroxylation is 2. The highest BCUT2D eigenvalue weighted by atomic mass is 79.9. The van der Waals surface area contributed by atoms with Gasteiger partial charge in [-0.1, -0.05) is 28.1 Å². The third-order valence-electron chi connectivity index (χ3n) is 2.42. The zero-order chi connectivity index (χ0) is 11.3. The molecule has 1 nitrogen and oxygen atoms in total. The second-order valence-corrected chi connectivity index (χ2v) is 4.35. The van der Waals surface area contributed by atoms with Crippen LogP contribution in [0.1, 0.15) is 23.1 Å². The Morgan fingerprint density at radius 1 is 1.27 bits per heavy atom. The van der Waals surface area contributed by atoms with Gasteiger partial charge in [0, 0.05) is 10.9 Å². The Balaban J connectivity index is 2.99. The molecule has 1 aromatic rings. The molecule has 0 aliphatic heterocycles. The monoisotopic (exact) mass is 268 g/mol. The third kappa shape index (κ3) is 3.38. The van der Waals surface area contributed by atoms with Gasteiger partial charge in [-0.15, -0.1) is 0 Å². The van der Waals surface area contributed by atoms with Crippen LogP contribution >= 0.6 is 15.9 Å². The Labute approximate surface area is 100 Å². The summed E-state index contributed by atoms with van der Waals surface area (Å²) in [4.78, 5) is 0. The maximum absolute atomic E-state index is 5.35. The van der Waals surface area contributed by atoms with E-state index < -0.39 is 0 Å². The van der Waals surface area contributed by atoms with Crippen molar-refractivity contribution < 1.29 is 4.74 Å². The highest BCUT2D eigenvalue weighted by Gasteiger charge is 2.02. The van der Waals surface area contributed by atoms with Crippen LogP contribution in [0.4, 0.5) is 0 Å². The fourth-order valence-electron chi connectivity index (χ4n) is 1.39. The van der Waals surface area contributed by atoms with Crippen LogP contribution in [0.25, 0.3) is 6.08 Å². The van der Waals surface area contributed by atoms with Crippen LogP contribution in [0.5, 0.6) is 5.75 Å². The molecular formula is C13H17BrO. The first kappa shape index (κ1) is 12.3. The standard InChI is InChI=1S/C13H17BrO/c1-10-8-12(6-4-5-7-14)13(15-3)9-11(10)2/h4,6,8-9H,5,7H2,1-3H3/b6-4+. The van der Waals surface area contributed by atoms with Gasteiger partial charge in [0.1, 0.15) is 5.75 Å². The summed E-state index contributed by atoms with van der Waals surface area (Å²) in [5.74, 6) is 0.948. The maximum Gasteiger partial charge on any atom is 0.126 e. The molecule has 0 aliphatic carbocycles. The quantitative estimate of drug-likeness (QED) is 0.747. The van der Waals surface area contributed by atoms with E-state index in [1.165, 1.54) is 11.1 Å². The molecule has 0 unspecified atom stereocenters. The lowest BCUT2D eigenvalue weighted by atomic mass is 10.0. The van der Waals surface area contributed by atoms with E-state index in [0.717, 1.165) is 23.1 Å². The van der Waals surface area contributed by atoms with Crippen LogP contribution in [-0.4, -0.2) is 12.4 Å². The molecule has 1 aromatic carbocycles. The summed E-state index contributed by atoms with van der Waals surface area (Å²) in [7, 11) is 1.71. The van der Waals surface area contributed by atoms with Crippen molar-refractivity contribution in [1.29, 1.82) is 0 Å². The Morgan fingerprint density at radius 3 is 2.53 bits per heavy atom. The van der Waals surface area contributed by atoms with E-state index in [0.29, 0.717) is 0 Å². The molecule has 1 rings (SSSR count). The average Bonchev–Trinajstić information content (AvgIpc) is 2.23. The molecule has 82 valence electrons. The van der Waals surface area contributed by atoms with Crippen LogP contribution in [0.2, 0.25) is 0 Å². The number of hydrogen-bond acceptors (Lipinski definition) is 1. The van der Waals surface area contributed by atoms with Gasteiger partial charge in [0.2, 0.25) is 0 Å². The number of benzene rings is 1. The maximum atomic E-state index is 5.35. The van der Waals surface area contributed by atoms with E-state index in [-0.39, 0.29) is 0 Å². The topological polar surface area (TPSA) is 9.23 Å². The van der Waals surface area contributed by atoms with Crippen LogP contribution in [0.3, 0.4) is 0 Å². The summed E-state index contributed by atoms with van der Waals surface area (Å²) in [6.45, 7) is 4.22. The molecule has 2 heteroatoms. The van der Waals surface area contributed by atoms with Gasteiger partial charge in [-0.3, -0.25) is 0 Å². The summed E-state index contributed by atoms with van der Waals surface area (Å²) < 4.78 is 5.35. The first-order valence-corrected chi connectivity index (χ1v) is 6.19. The van der Waals surface area contributed by atoms with Gasteiger partial charge in [0.15, 0.2) is 0 Å². The molecule has 0 saturated heterocycles. The summed E-state index contributed by atoms with van der Waals surface area (Å²) in [5.41, 5.74) is 3.72. The van der Waals surface area contributed by atoms with Crippen LogP contribution in [0.15, 0.2) is 18.2 Å². The van der Waals surface area contributed by atoms with Crippen LogP contribution < -0.4 is 4.74 Å². The fraction of sp³-hybridized carbons (Fsp3) is 0.385. The summed E-state index contributed by atoms with van der Waals surface area (Å²) in [6, 6.07) is 4.25. The number of rotatable bonds is 4. The Kier molecular flexibility index (Phi) is 4.89. The molecule has 0 aromatic heterocycles. The van der Waals surface area contributed by atoms with Crippen molar-refractivity contribution in [2.45, 2.75) is 20.3 Å². The van der Waals surface area contributed by atoms with E-state index in [1.807, 2.05) is 0 Å². The SMILES string of the molecule is COc1cc(C)c(C)cc1/C=C/CCBr. The van der Waals surface area contributed by atoms with E-state index in [2.05, 4.69) is 54.1 Å². The van der Waals surface area contributed by atoms with Gasteiger partial charge in [0.25, 0.3) is 0 Å².